The van der Waals surface area contributed by atoms with Gasteiger partial charge in [-0.2, -0.15) is 0 Å². The number of alkyl halides is 2. The Labute approximate surface area is 153 Å². The maximum absolute atomic E-state index is 12.2. The molecule has 0 aromatic carbocycles. The molecule has 1 aromatic heterocycles. The Morgan fingerprint density at radius 1 is 1.39 bits per heavy atom. The Morgan fingerprint density at radius 2 is 2.17 bits per heavy atom. The van der Waals surface area contributed by atoms with E-state index in [1.54, 1.807) is 12.1 Å². The second-order valence-electron chi connectivity index (χ2n) is 4.86. The van der Waals surface area contributed by atoms with Crippen molar-refractivity contribution in [2.45, 2.75) is 45.6 Å². The van der Waals surface area contributed by atoms with E-state index in [1.807, 2.05) is 0 Å². The van der Waals surface area contributed by atoms with Crippen LogP contribution in [0.1, 0.15) is 38.2 Å². The van der Waals surface area contributed by atoms with E-state index in [0.717, 1.165) is 19.4 Å². The highest BCUT2D eigenvalue weighted by Crippen LogP contribution is 2.16. The topological polar surface area (TPSA) is 72.5 Å². The number of nitrogens with two attached hydrogens (primary N) is 1. The van der Waals surface area contributed by atoms with Gasteiger partial charge in [-0.3, -0.25) is 0 Å². The number of pyridine rings is 1. The highest BCUT2D eigenvalue weighted by atomic mass is 127. The van der Waals surface area contributed by atoms with Crippen molar-refractivity contribution in [3.05, 3.63) is 23.9 Å². The number of guanidine groups is 1. The van der Waals surface area contributed by atoms with Gasteiger partial charge >= 0.3 is 0 Å². The molecule has 1 rings (SSSR count). The third-order valence-corrected chi connectivity index (χ3v) is 2.95. The Hall–Kier alpha value is -1.19. The summed E-state index contributed by atoms with van der Waals surface area (Å²) in [5.41, 5.74) is 6.39. The van der Waals surface area contributed by atoms with Crippen LogP contribution < -0.4 is 15.8 Å². The van der Waals surface area contributed by atoms with E-state index in [2.05, 4.69) is 22.2 Å². The largest absolute Gasteiger partial charge is 0.471 e. The molecule has 132 valence electrons. The molecule has 0 saturated carbocycles. The fourth-order valence-corrected chi connectivity index (χ4v) is 1.81. The predicted octanol–water partition coefficient (Wildman–Crippen LogP) is 3.33. The van der Waals surface area contributed by atoms with Crippen molar-refractivity contribution in [3.63, 3.8) is 0 Å². The summed E-state index contributed by atoms with van der Waals surface area (Å²) in [5.74, 6) is 0.502. The second kappa shape index (κ2) is 13.3. The van der Waals surface area contributed by atoms with Crippen LogP contribution in [-0.2, 0) is 6.54 Å². The molecular formula is C15H25F2IN4O. The van der Waals surface area contributed by atoms with Crippen LogP contribution in [0.25, 0.3) is 0 Å². The fourth-order valence-electron chi connectivity index (χ4n) is 1.81. The molecule has 0 spiro atoms. The van der Waals surface area contributed by atoms with Crippen LogP contribution in [0.4, 0.5) is 8.78 Å². The Morgan fingerprint density at radius 3 is 2.87 bits per heavy atom. The fraction of sp³-hybridized carbons (Fsp3) is 0.600. The molecule has 0 bridgehead atoms. The minimum absolute atomic E-state index is 0. The SMILES string of the molecule is CCCCCCNC(N)=NCc1cccnc1OCC(F)F.I. The number of aliphatic imine (C=N–C) groups is 1. The second-order valence-corrected chi connectivity index (χ2v) is 4.86. The molecule has 1 heterocycles. The molecule has 5 nitrogen and oxygen atoms in total. The third kappa shape index (κ3) is 10.2. The van der Waals surface area contributed by atoms with Gasteiger partial charge in [0.15, 0.2) is 12.6 Å². The number of halogens is 3. The maximum Gasteiger partial charge on any atom is 0.272 e. The lowest BCUT2D eigenvalue weighted by Gasteiger charge is -2.09. The normalized spacial score (nSPS) is 11.2. The lowest BCUT2D eigenvalue weighted by molar-refractivity contribution is 0.0791. The van der Waals surface area contributed by atoms with Crippen LogP contribution in [-0.4, -0.2) is 30.5 Å². The predicted molar refractivity (Wildman–Crippen MR) is 98.6 cm³/mol. The molecule has 0 aliphatic rings. The van der Waals surface area contributed by atoms with Crippen LogP contribution >= 0.6 is 24.0 Å². The zero-order chi connectivity index (χ0) is 16.2. The molecule has 0 saturated heterocycles. The molecule has 3 N–H and O–H groups in total. The van der Waals surface area contributed by atoms with E-state index >= 15 is 0 Å². The zero-order valence-corrected chi connectivity index (χ0v) is 15.6. The number of nitrogens with one attached hydrogen (secondary N) is 1. The summed E-state index contributed by atoms with van der Waals surface area (Å²) in [6, 6.07) is 3.43. The van der Waals surface area contributed by atoms with Gasteiger partial charge in [0.25, 0.3) is 6.43 Å². The molecule has 0 fully saturated rings. The zero-order valence-electron chi connectivity index (χ0n) is 13.3. The summed E-state index contributed by atoms with van der Waals surface area (Å²) in [7, 11) is 0. The molecular weight excluding hydrogens is 417 g/mol. The van der Waals surface area contributed by atoms with Crippen molar-refractivity contribution >= 4 is 29.9 Å². The van der Waals surface area contributed by atoms with Gasteiger partial charge in [-0.1, -0.05) is 32.3 Å². The van der Waals surface area contributed by atoms with Crippen molar-refractivity contribution < 1.29 is 13.5 Å². The Balaban J connectivity index is 0.00000484. The molecule has 1 aromatic rings. The molecule has 0 atom stereocenters. The monoisotopic (exact) mass is 442 g/mol. The molecule has 0 amide bonds. The summed E-state index contributed by atoms with van der Waals surface area (Å²) >= 11 is 0. The molecule has 0 aliphatic heterocycles. The molecule has 0 unspecified atom stereocenters. The van der Waals surface area contributed by atoms with Crippen molar-refractivity contribution in [2.24, 2.45) is 10.7 Å². The summed E-state index contributed by atoms with van der Waals surface area (Å²) in [5, 5.41) is 3.03. The van der Waals surface area contributed by atoms with Crippen molar-refractivity contribution in [3.8, 4) is 5.88 Å². The number of hydrogen-bond donors (Lipinski definition) is 2. The van der Waals surface area contributed by atoms with Gasteiger partial charge in [-0.05, 0) is 12.5 Å². The summed E-state index contributed by atoms with van der Waals surface area (Å²) in [6.45, 7) is 2.49. The number of hydrogen-bond acceptors (Lipinski definition) is 3. The lowest BCUT2D eigenvalue weighted by atomic mass is 10.2. The first-order valence-corrected chi connectivity index (χ1v) is 7.52. The summed E-state index contributed by atoms with van der Waals surface area (Å²) < 4.78 is 29.3. The minimum Gasteiger partial charge on any atom is -0.471 e. The van der Waals surface area contributed by atoms with Crippen LogP contribution in [0.5, 0.6) is 5.88 Å². The van der Waals surface area contributed by atoms with E-state index in [0.29, 0.717) is 11.5 Å². The molecule has 0 radical (unpaired) electrons. The van der Waals surface area contributed by atoms with Crippen LogP contribution in [0, 0.1) is 0 Å². The third-order valence-electron chi connectivity index (χ3n) is 2.95. The first kappa shape index (κ1) is 21.8. The van der Waals surface area contributed by atoms with Crippen LogP contribution in [0.3, 0.4) is 0 Å². The number of rotatable bonds is 10. The molecule has 0 aliphatic carbocycles. The average molecular weight is 442 g/mol. The smallest absolute Gasteiger partial charge is 0.272 e. The maximum atomic E-state index is 12.2. The number of nitrogens with zero attached hydrogens (tertiary/aromatic N) is 2. The van der Waals surface area contributed by atoms with Gasteiger partial charge in [0.2, 0.25) is 5.88 Å². The minimum atomic E-state index is -2.53. The van der Waals surface area contributed by atoms with Gasteiger partial charge in [0.1, 0.15) is 0 Å². The van der Waals surface area contributed by atoms with Crippen LogP contribution in [0.2, 0.25) is 0 Å². The van der Waals surface area contributed by atoms with E-state index in [4.69, 9.17) is 10.5 Å². The van der Waals surface area contributed by atoms with Gasteiger partial charge in [0, 0.05) is 18.3 Å². The highest BCUT2D eigenvalue weighted by molar-refractivity contribution is 14.0. The standard InChI is InChI=1S/C15H24F2N4O.HI/c1-2-3-4-5-8-20-15(18)21-10-12-7-6-9-19-14(12)22-11-13(16)17;/h6-7,9,13H,2-5,8,10-11H2,1H3,(H3,18,20,21);1H. The summed E-state index contributed by atoms with van der Waals surface area (Å²) in [6.07, 6.45) is 3.55. The van der Waals surface area contributed by atoms with Crippen LogP contribution in [0.15, 0.2) is 23.3 Å². The first-order valence-electron chi connectivity index (χ1n) is 7.52. The van der Waals surface area contributed by atoms with Gasteiger partial charge in [-0.25, -0.2) is 18.8 Å². The van der Waals surface area contributed by atoms with Crippen molar-refractivity contribution in [1.29, 1.82) is 0 Å². The van der Waals surface area contributed by atoms with E-state index < -0.39 is 13.0 Å². The van der Waals surface area contributed by atoms with E-state index in [1.165, 1.54) is 19.0 Å². The molecule has 8 heteroatoms. The number of ether oxygens (including phenoxy) is 1. The van der Waals surface area contributed by atoms with E-state index in [9.17, 15) is 8.78 Å². The van der Waals surface area contributed by atoms with Gasteiger partial charge < -0.3 is 15.8 Å². The molecule has 23 heavy (non-hydrogen) atoms. The Bertz CT molecular complexity index is 461. The Kier molecular flexibility index (Phi) is 12.6. The van der Waals surface area contributed by atoms with E-state index in [-0.39, 0.29) is 36.4 Å². The van der Waals surface area contributed by atoms with Crippen molar-refractivity contribution in [1.82, 2.24) is 10.3 Å². The summed E-state index contributed by atoms with van der Waals surface area (Å²) in [4.78, 5) is 8.11. The van der Waals surface area contributed by atoms with Crippen molar-refractivity contribution in [2.75, 3.05) is 13.2 Å². The highest BCUT2D eigenvalue weighted by Gasteiger charge is 2.08. The number of unbranched alkanes of at least 4 members (excludes halogenated alkanes) is 3. The van der Waals surface area contributed by atoms with Gasteiger partial charge in [0.05, 0.1) is 6.54 Å². The quantitative estimate of drug-likeness (QED) is 0.253. The van der Waals surface area contributed by atoms with Gasteiger partial charge in [-0.15, -0.1) is 24.0 Å². The number of aromatic nitrogens is 1. The average Bonchev–Trinajstić information content (AvgIpc) is 2.51. The first-order chi connectivity index (χ1) is 10.6. The lowest BCUT2D eigenvalue weighted by Crippen LogP contribution is -2.32.